The summed E-state index contributed by atoms with van der Waals surface area (Å²) in [6.07, 6.45) is 1.68. The van der Waals surface area contributed by atoms with Crippen LogP contribution in [-0.2, 0) is 12.8 Å². The molecule has 28 heavy (non-hydrogen) atoms. The fraction of sp³-hybridized carbons (Fsp3) is 0.0833. The van der Waals surface area contributed by atoms with Crippen LogP contribution >= 0.6 is 23.2 Å². The van der Waals surface area contributed by atoms with Crippen molar-refractivity contribution < 1.29 is 9.59 Å². The molecule has 0 aromatic heterocycles. The lowest BCUT2D eigenvalue weighted by Crippen LogP contribution is -2.07. The van der Waals surface area contributed by atoms with Gasteiger partial charge in [-0.3, -0.25) is 9.59 Å². The van der Waals surface area contributed by atoms with Crippen molar-refractivity contribution in [3.8, 4) is 0 Å². The monoisotopic (exact) mass is 404 g/mol. The first-order valence-electron chi connectivity index (χ1n) is 8.99. The van der Waals surface area contributed by atoms with Crippen molar-refractivity contribution in [2.24, 2.45) is 0 Å². The topological polar surface area (TPSA) is 34.1 Å². The lowest BCUT2D eigenvalue weighted by Gasteiger charge is -2.21. The number of benzene rings is 4. The van der Waals surface area contributed by atoms with E-state index in [1.54, 1.807) is 12.1 Å². The molecule has 0 saturated heterocycles. The van der Waals surface area contributed by atoms with E-state index >= 15 is 0 Å². The highest BCUT2D eigenvalue weighted by atomic mass is 35.5. The highest BCUT2D eigenvalue weighted by Gasteiger charge is 2.18. The minimum atomic E-state index is -0.439. The maximum atomic E-state index is 11.5. The number of carbonyl (C=O) groups excluding carboxylic acids is 2. The van der Waals surface area contributed by atoms with Crippen molar-refractivity contribution in [2.45, 2.75) is 12.8 Å². The molecule has 4 heteroatoms. The molecule has 0 N–H and O–H groups in total. The number of carbonyl (C=O) groups is 2. The summed E-state index contributed by atoms with van der Waals surface area (Å²) in [5.41, 5.74) is 6.14. The van der Waals surface area contributed by atoms with E-state index in [2.05, 4.69) is 24.3 Å². The molecule has 136 valence electrons. The van der Waals surface area contributed by atoms with Crippen LogP contribution in [0.4, 0.5) is 0 Å². The maximum Gasteiger partial charge on any atom is 0.252 e. The highest BCUT2D eigenvalue weighted by molar-refractivity contribution is 6.68. The van der Waals surface area contributed by atoms with E-state index in [9.17, 15) is 9.59 Å². The molecule has 0 spiro atoms. The van der Waals surface area contributed by atoms with E-state index in [-0.39, 0.29) is 0 Å². The van der Waals surface area contributed by atoms with Crippen molar-refractivity contribution in [2.75, 3.05) is 0 Å². The van der Waals surface area contributed by atoms with E-state index in [1.807, 2.05) is 24.3 Å². The predicted molar refractivity (Wildman–Crippen MR) is 114 cm³/mol. The lowest BCUT2D eigenvalue weighted by molar-refractivity contribution is 0.107. The van der Waals surface area contributed by atoms with Crippen molar-refractivity contribution in [1.82, 2.24) is 0 Å². The Bertz CT molecular complexity index is 1220. The van der Waals surface area contributed by atoms with Crippen molar-refractivity contribution in [3.05, 3.63) is 94.0 Å². The molecular weight excluding hydrogens is 391 g/mol. The Hall–Kier alpha value is -2.68. The Balaban J connectivity index is 1.62. The van der Waals surface area contributed by atoms with Gasteiger partial charge in [0, 0.05) is 11.1 Å². The molecule has 0 radical (unpaired) electrons. The molecular formula is C24H14Cl2O2. The van der Waals surface area contributed by atoms with Gasteiger partial charge >= 0.3 is 0 Å². The number of halogens is 2. The molecule has 0 unspecified atom stereocenters. The van der Waals surface area contributed by atoms with Gasteiger partial charge in [-0.15, -0.1) is 0 Å². The van der Waals surface area contributed by atoms with Gasteiger partial charge in [-0.05, 0) is 104 Å². The van der Waals surface area contributed by atoms with Gasteiger partial charge in [0.2, 0.25) is 0 Å². The smallest absolute Gasteiger partial charge is 0.252 e. The summed E-state index contributed by atoms with van der Waals surface area (Å²) in [7, 11) is 0. The second-order valence-electron chi connectivity index (χ2n) is 7.27. The van der Waals surface area contributed by atoms with E-state index in [0.29, 0.717) is 11.1 Å². The van der Waals surface area contributed by atoms with Crippen LogP contribution in [-0.4, -0.2) is 10.5 Å². The van der Waals surface area contributed by atoms with Gasteiger partial charge in [-0.25, -0.2) is 0 Å². The SMILES string of the molecule is O=C(Cl)c1ccc2cc3c(cc2c1)Cc1cc2ccc(C(=O)Cl)cc2cc1C3. The van der Waals surface area contributed by atoms with E-state index in [1.165, 1.54) is 22.3 Å². The minimum absolute atomic E-state index is 0.439. The average Bonchev–Trinajstić information content (AvgIpc) is 2.68. The summed E-state index contributed by atoms with van der Waals surface area (Å²) in [5, 5.41) is 3.37. The third kappa shape index (κ3) is 2.90. The molecule has 0 aliphatic heterocycles. The molecule has 2 nitrogen and oxygen atoms in total. The second kappa shape index (κ2) is 6.44. The average molecular weight is 405 g/mol. The Kier molecular flexibility index (Phi) is 4.01. The van der Waals surface area contributed by atoms with Gasteiger partial charge in [0.05, 0.1) is 0 Å². The Morgan fingerprint density at radius 1 is 0.536 bits per heavy atom. The standard InChI is InChI=1S/C24H14Cl2O2/c25-23(27)15-3-1-13-5-19-11-22-10-18-8-16(24(26)28)4-2-14(18)6-20(22)12-21(19)9-17(13)7-15/h1-10H,11-12H2. The Morgan fingerprint density at radius 3 is 1.25 bits per heavy atom. The summed E-state index contributed by atoms with van der Waals surface area (Å²) in [6.45, 7) is 0. The predicted octanol–water partition coefficient (Wildman–Crippen LogP) is 6.25. The molecule has 0 fully saturated rings. The summed E-state index contributed by atoms with van der Waals surface area (Å²) < 4.78 is 0. The molecule has 0 amide bonds. The summed E-state index contributed by atoms with van der Waals surface area (Å²) in [4.78, 5) is 22.9. The molecule has 0 saturated carbocycles. The summed E-state index contributed by atoms with van der Waals surface area (Å²) in [5.74, 6) is 0. The Labute approximate surface area is 171 Å². The van der Waals surface area contributed by atoms with Crippen molar-refractivity contribution >= 4 is 55.2 Å². The van der Waals surface area contributed by atoms with Crippen LogP contribution in [0.2, 0.25) is 0 Å². The third-order valence-corrected chi connectivity index (χ3v) is 5.97. The molecule has 0 heterocycles. The molecule has 1 aliphatic rings. The molecule has 0 atom stereocenters. The normalized spacial score (nSPS) is 12.6. The Morgan fingerprint density at radius 2 is 0.893 bits per heavy atom. The van der Waals surface area contributed by atoms with Gasteiger partial charge in [0.1, 0.15) is 0 Å². The van der Waals surface area contributed by atoms with E-state index < -0.39 is 10.5 Å². The minimum Gasteiger partial charge on any atom is -0.276 e. The number of hydrogen-bond acceptors (Lipinski definition) is 2. The summed E-state index contributed by atoms with van der Waals surface area (Å²) >= 11 is 11.3. The van der Waals surface area contributed by atoms with Gasteiger partial charge in [-0.1, -0.05) is 36.4 Å². The zero-order chi connectivity index (χ0) is 19.4. The molecule has 5 rings (SSSR count). The van der Waals surface area contributed by atoms with Crippen LogP contribution in [0.1, 0.15) is 43.0 Å². The quantitative estimate of drug-likeness (QED) is 0.326. The number of fused-ring (bicyclic) bond motifs is 4. The van der Waals surface area contributed by atoms with Crippen LogP contribution in [0.3, 0.4) is 0 Å². The van der Waals surface area contributed by atoms with Gasteiger partial charge in [0.25, 0.3) is 10.5 Å². The van der Waals surface area contributed by atoms with Crippen LogP contribution in [0.25, 0.3) is 21.5 Å². The third-order valence-electron chi connectivity index (χ3n) is 5.53. The van der Waals surface area contributed by atoms with Gasteiger partial charge < -0.3 is 0 Å². The zero-order valence-electron chi connectivity index (χ0n) is 14.8. The molecule has 4 aromatic carbocycles. The first-order valence-corrected chi connectivity index (χ1v) is 9.74. The van der Waals surface area contributed by atoms with Crippen molar-refractivity contribution in [3.63, 3.8) is 0 Å². The zero-order valence-corrected chi connectivity index (χ0v) is 16.3. The van der Waals surface area contributed by atoms with Crippen LogP contribution in [0.15, 0.2) is 60.7 Å². The highest BCUT2D eigenvalue weighted by Crippen LogP contribution is 2.33. The fourth-order valence-electron chi connectivity index (χ4n) is 4.10. The van der Waals surface area contributed by atoms with Crippen LogP contribution in [0.5, 0.6) is 0 Å². The summed E-state index contributed by atoms with van der Waals surface area (Å²) in [6, 6.07) is 19.8. The maximum absolute atomic E-state index is 11.5. The molecule has 0 bridgehead atoms. The first kappa shape index (κ1) is 17.4. The van der Waals surface area contributed by atoms with Crippen molar-refractivity contribution in [1.29, 1.82) is 0 Å². The molecule has 1 aliphatic carbocycles. The van der Waals surface area contributed by atoms with Gasteiger partial charge in [-0.2, -0.15) is 0 Å². The fourth-order valence-corrected chi connectivity index (χ4v) is 4.33. The second-order valence-corrected chi connectivity index (χ2v) is 7.95. The van der Waals surface area contributed by atoms with E-state index in [4.69, 9.17) is 23.2 Å². The van der Waals surface area contributed by atoms with Crippen LogP contribution in [0, 0.1) is 0 Å². The van der Waals surface area contributed by atoms with Crippen LogP contribution < -0.4 is 0 Å². The first-order chi connectivity index (χ1) is 13.5. The van der Waals surface area contributed by atoms with Gasteiger partial charge in [0.15, 0.2) is 0 Å². The largest absolute Gasteiger partial charge is 0.276 e. The lowest BCUT2D eigenvalue weighted by atomic mass is 9.83. The van der Waals surface area contributed by atoms with E-state index in [0.717, 1.165) is 34.4 Å². The number of rotatable bonds is 2. The molecule has 4 aromatic rings. The number of hydrogen-bond donors (Lipinski definition) is 0.